The highest BCUT2D eigenvalue weighted by Gasteiger charge is 2.27. The minimum atomic E-state index is -4.10. The van der Waals surface area contributed by atoms with Crippen LogP contribution in [0.25, 0.3) is 0 Å². The van der Waals surface area contributed by atoms with E-state index in [1.54, 1.807) is 60.7 Å². The molecule has 4 aromatic carbocycles. The minimum absolute atomic E-state index is 0.00641. The average molecular weight is 631 g/mol. The fraction of sp³-hybridized carbons (Fsp3) is 0.0741. The molecule has 202 valence electrons. The van der Waals surface area contributed by atoms with Crippen molar-refractivity contribution >= 4 is 58.9 Å². The molecule has 0 unspecified atom stereocenters. The van der Waals surface area contributed by atoms with Gasteiger partial charge < -0.3 is 10.1 Å². The number of halogens is 1. The predicted molar refractivity (Wildman–Crippen MR) is 154 cm³/mol. The number of nitrogens with one attached hydrogen (secondary N) is 2. The number of sulfonamides is 2. The molecule has 9 nitrogen and oxygen atoms in total. The summed E-state index contributed by atoms with van der Waals surface area (Å²) in [5.74, 6) is -0.198. The first-order chi connectivity index (χ1) is 18.6. The van der Waals surface area contributed by atoms with Gasteiger partial charge in [-0.25, -0.2) is 16.8 Å². The maximum Gasteiger partial charge on any atom is 0.264 e. The van der Waals surface area contributed by atoms with Crippen molar-refractivity contribution in [3.63, 3.8) is 0 Å². The summed E-state index contributed by atoms with van der Waals surface area (Å²) in [5.41, 5.74) is 0.937. The Morgan fingerprint density at radius 1 is 0.795 bits per heavy atom. The second-order valence-corrected chi connectivity index (χ2v) is 12.7. The van der Waals surface area contributed by atoms with Gasteiger partial charge in [-0.2, -0.15) is 0 Å². The number of anilines is 3. The summed E-state index contributed by atoms with van der Waals surface area (Å²) in [6, 6.07) is 26.4. The zero-order valence-corrected chi connectivity index (χ0v) is 23.8. The van der Waals surface area contributed by atoms with Crippen LogP contribution in [-0.4, -0.2) is 36.4 Å². The van der Waals surface area contributed by atoms with Crippen LogP contribution in [0.2, 0.25) is 0 Å². The van der Waals surface area contributed by atoms with Gasteiger partial charge in [-0.3, -0.25) is 13.8 Å². The van der Waals surface area contributed by atoms with Gasteiger partial charge >= 0.3 is 0 Å². The molecule has 0 aliphatic rings. The molecule has 0 fully saturated rings. The van der Waals surface area contributed by atoms with E-state index < -0.39 is 32.5 Å². The fourth-order valence-corrected chi connectivity index (χ4v) is 6.34. The summed E-state index contributed by atoms with van der Waals surface area (Å²) in [4.78, 5) is 13.0. The van der Waals surface area contributed by atoms with E-state index in [1.165, 1.54) is 49.6 Å². The molecule has 0 heterocycles. The number of benzene rings is 4. The summed E-state index contributed by atoms with van der Waals surface area (Å²) < 4.78 is 61.9. The summed E-state index contributed by atoms with van der Waals surface area (Å²) >= 11 is 3.30. The molecular formula is C27H24BrN3O6S2. The lowest BCUT2D eigenvalue weighted by Gasteiger charge is -2.24. The Bertz CT molecular complexity index is 1660. The number of carbonyl (C=O) groups excluding carboxylic acids is 1. The highest BCUT2D eigenvalue weighted by atomic mass is 79.9. The van der Waals surface area contributed by atoms with Crippen molar-refractivity contribution < 1.29 is 26.4 Å². The quantitative estimate of drug-likeness (QED) is 0.252. The molecule has 0 saturated heterocycles. The lowest BCUT2D eigenvalue weighted by atomic mass is 10.3. The Balaban J connectivity index is 1.53. The Labute approximate surface area is 235 Å². The first kappa shape index (κ1) is 28.1. The van der Waals surface area contributed by atoms with Gasteiger partial charge in [-0.05, 0) is 72.8 Å². The van der Waals surface area contributed by atoms with Crippen LogP contribution in [-0.2, 0) is 24.8 Å². The highest BCUT2D eigenvalue weighted by molar-refractivity contribution is 9.10. The van der Waals surface area contributed by atoms with Crippen molar-refractivity contribution in [1.29, 1.82) is 0 Å². The molecule has 1 amide bonds. The van der Waals surface area contributed by atoms with Gasteiger partial charge in [0, 0.05) is 21.9 Å². The molecule has 0 atom stereocenters. The molecule has 0 spiro atoms. The Kier molecular flexibility index (Phi) is 8.58. The second kappa shape index (κ2) is 11.9. The first-order valence-electron chi connectivity index (χ1n) is 11.5. The summed E-state index contributed by atoms with van der Waals surface area (Å²) in [6.45, 7) is -0.532. The lowest BCUT2D eigenvalue weighted by molar-refractivity contribution is -0.114. The standard InChI is InChI=1S/C27H24BrN3O6S2/c1-37-24-7-5-6-23(18-24)31(39(35,36)26-8-3-2-4-9-26)19-27(32)29-21-14-16-25(17-15-21)38(33,34)30-22-12-10-20(28)11-13-22/h2-18,30H,19H2,1H3,(H,29,32). The van der Waals surface area contributed by atoms with E-state index in [9.17, 15) is 21.6 Å². The van der Waals surface area contributed by atoms with Gasteiger partial charge in [0.05, 0.1) is 22.6 Å². The molecule has 0 radical (unpaired) electrons. The fourth-order valence-electron chi connectivity index (χ4n) is 3.58. The molecule has 2 N–H and O–H groups in total. The number of amides is 1. The molecule has 12 heteroatoms. The number of ether oxygens (including phenoxy) is 1. The van der Waals surface area contributed by atoms with Gasteiger partial charge in [0.15, 0.2) is 0 Å². The van der Waals surface area contributed by atoms with E-state index in [2.05, 4.69) is 26.0 Å². The van der Waals surface area contributed by atoms with Crippen molar-refractivity contribution in [2.24, 2.45) is 0 Å². The molecule has 0 bridgehead atoms. The van der Waals surface area contributed by atoms with E-state index in [4.69, 9.17) is 4.74 Å². The minimum Gasteiger partial charge on any atom is -0.497 e. The smallest absolute Gasteiger partial charge is 0.264 e. The maximum atomic E-state index is 13.5. The largest absolute Gasteiger partial charge is 0.497 e. The number of methoxy groups -OCH3 is 1. The van der Waals surface area contributed by atoms with Crippen LogP contribution >= 0.6 is 15.9 Å². The van der Waals surface area contributed by atoms with E-state index in [0.717, 1.165) is 8.78 Å². The molecule has 0 aliphatic carbocycles. The van der Waals surface area contributed by atoms with Gasteiger partial charge in [-0.1, -0.05) is 40.2 Å². The molecule has 39 heavy (non-hydrogen) atoms. The van der Waals surface area contributed by atoms with Gasteiger partial charge in [0.25, 0.3) is 20.0 Å². The van der Waals surface area contributed by atoms with E-state index in [1.807, 2.05) is 0 Å². The molecule has 4 rings (SSSR count). The SMILES string of the molecule is COc1cccc(N(CC(=O)Nc2ccc(S(=O)(=O)Nc3ccc(Br)cc3)cc2)S(=O)(=O)c2ccccc2)c1. The van der Waals surface area contributed by atoms with E-state index >= 15 is 0 Å². The Hall–Kier alpha value is -3.87. The third kappa shape index (κ3) is 6.96. The number of hydrogen-bond donors (Lipinski definition) is 2. The van der Waals surface area contributed by atoms with Crippen LogP contribution in [0.3, 0.4) is 0 Å². The van der Waals surface area contributed by atoms with Crippen LogP contribution in [0.15, 0.2) is 117 Å². The van der Waals surface area contributed by atoms with Crippen LogP contribution in [0, 0.1) is 0 Å². The van der Waals surface area contributed by atoms with Crippen LogP contribution < -0.4 is 19.1 Å². The molecular weight excluding hydrogens is 606 g/mol. The van der Waals surface area contributed by atoms with Gasteiger partial charge in [-0.15, -0.1) is 0 Å². The van der Waals surface area contributed by atoms with Gasteiger partial charge in [0.1, 0.15) is 12.3 Å². The normalized spacial score (nSPS) is 11.4. The summed E-state index contributed by atoms with van der Waals surface area (Å²) in [6.07, 6.45) is 0. The zero-order chi connectivity index (χ0) is 28.0. The highest BCUT2D eigenvalue weighted by Crippen LogP contribution is 2.27. The molecule has 0 aliphatic heterocycles. The topological polar surface area (TPSA) is 122 Å². The number of rotatable bonds is 10. The van der Waals surface area contributed by atoms with Crippen molar-refractivity contribution in [3.05, 3.63) is 108 Å². The first-order valence-corrected chi connectivity index (χ1v) is 15.2. The van der Waals surface area contributed by atoms with Crippen molar-refractivity contribution in [1.82, 2.24) is 0 Å². The third-order valence-corrected chi connectivity index (χ3v) is 9.22. The van der Waals surface area contributed by atoms with Crippen LogP contribution in [0.5, 0.6) is 5.75 Å². The number of carbonyl (C=O) groups is 1. The van der Waals surface area contributed by atoms with Gasteiger partial charge in [0.2, 0.25) is 5.91 Å². The Morgan fingerprint density at radius 2 is 1.44 bits per heavy atom. The van der Waals surface area contributed by atoms with Crippen LogP contribution in [0.1, 0.15) is 0 Å². The Morgan fingerprint density at radius 3 is 2.08 bits per heavy atom. The van der Waals surface area contributed by atoms with Crippen LogP contribution in [0.4, 0.5) is 17.1 Å². The summed E-state index contributed by atoms with van der Waals surface area (Å²) in [7, 11) is -6.50. The predicted octanol–water partition coefficient (Wildman–Crippen LogP) is 5.09. The van der Waals surface area contributed by atoms with Crippen molar-refractivity contribution in [2.45, 2.75) is 9.79 Å². The maximum absolute atomic E-state index is 13.5. The second-order valence-electron chi connectivity index (χ2n) is 8.21. The average Bonchev–Trinajstić information content (AvgIpc) is 2.93. The summed E-state index contributed by atoms with van der Waals surface area (Å²) in [5, 5.41) is 2.63. The van der Waals surface area contributed by atoms with E-state index in [0.29, 0.717) is 17.1 Å². The molecule has 0 aromatic heterocycles. The van der Waals surface area contributed by atoms with Crippen molar-refractivity contribution in [3.8, 4) is 5.75 Å². The number of nitrogens with zero attached hydrogens (tertiary/aromatic N) is 1. The molecule has 0 saturated carbocycles. The molecule has 4 aromatic rings. The monoisotopic (exact) mass is 629 g/mol. The van der Waals surface area contributed by atoms with E-state index in [-0.39, 0.29) is 15.5 Å². The number of hydrogen-bond acceptors (Lipinski definition) is 6. The van der Waals surface area contributed by atoms with Crippen molar-refractivity contribution in [2.75, 3.05) is 28.0 Å². The third-order valence-electron chi connectivity index (χ3n) is 5.50. The zero-order valence-electron chi connectivity index (χ0n) is 20.6. The lowest BCUT2D eigenvalue weighted by Crippen LogP contribution is -2.38.